The Bertz CT molecular complexity index is 239. The van der Waals surface area contributed by atoms with Crippen LogP contribution >= 0.6 is 0 Å². The van der Waals surface area contributed by atoms with Crippen molar-refractivity contribution in [2.75, 3.05) is 20.2 Å². The summed E-state index contributed by atoms with van der Waals surface area (Å²) in [5, 5.41) is 16.8. The second-order valence-corrected chi connectivity index (χ2v) is 3.51. The van der Waals surface area contributed by atoms with Crippen molar-refractivity contribution in [1.82, 2.24) is 16.0 Å². The Morgan fingerprint density at radius 1 is 1.60 bits per heavy atom. The van der Waals surface area contributed by atoms with Gasteiger partial charge in [-0.05, 0) is 19.4 Å². The van der Waals surface area contributed by atoms with Crippen LogP contribution in [0.5, 0.6) is 0 Å². The van der Waals surface area contributed by atoms with Crippen molar-refractivity contribution in [3.63, 3.8) is 0 Å². The van der Waals surface area contributed by atoms with Crippen LogP contribution in [0.3, 0.4) is 0 Å². The topological polar surface area (TPSA) is 90.5 Å². The van der Waals surface area contributed by atoms with Gasteiger partial charge in [0.15, 0.2) is 0 Å². The summed E-state index contributed by atoms with van der Waals surface area (Å²) in [5.41, 5.74) is 0. The molecule has 2 amide bonds. The summed E-state index contributed by atoms with van der Waals surface area (Å²) in [6.07, 6.45) is 1.74. The molecule has 0 radical (unpaired) electrons. The number of nitrogens with one attached hydrogen (secondary N) is 3. The first-order valence-electron chi connectivity index (χ1n) is 5.05. The predicted molar refractivity (Wildman–Crippen MR) is 54.1 cm³/mol. The minimum absolute atomic E-state index is 0.227. The average molecular weight is 215 g/mol. The summed E-state index contributed by atoms with van der Waals surface area (Å²) >= 11 is 0. The molecule has 0 aromatic heterocycles. The molecule has 0 spiro atoms. The second kappa shape index (κ2) is 5.67. The molecule has 6 heteroatoms. The van der Waals surface area contributed by atoms with Gasteiger partial charge in [0, 0.05) is 7.05 Å². The van der Waals surface area contributed by atoms with E-state index in [0.29, 0.717) is 0 Å². The molecule has 0 saturated carbocycles. The zero-order chi connectivity index (χ0) is 11.3. The maximum atomic E-state index is 11.6. The zero-order valence-corrected chi connectivity index (χ0v) is 8.75. The molecule has 1 aliphatic heterocycles. The van der Waals surface area contributed by atoms with Crippen LogP contribution in [0.1, 0.15) is 12.8 Å². The summed E-state index contributed by atoms with van der Waals surface area (Å²) in [5.74, 6) is -0.612. The molecule has 6 nitrogen and oxygen atoms in total. The summed E-state index contributed by atoms with van der Waals surface area (Å²) < 4.78 is 0. The summed E-state index contributed by atoms with van der Waals surface area (Å²) in [4.78, 5) is 22.8. The molecule has 86 valence electrons. The Hall–Kier alpha value is -1.14. The molecule has 15 heavy (non-hydrogen) atoms. The van der Waals surface area contributed by atoms with Crippen LogP contribution in [0.2, 0.25) is 0 Å². The first-order chi connectivity index (χ1) is 7.19. The Morgan fingerprint density at radius 2 is 2.33 bits per heavy atom. The van der Waals surface area contributed by atoms with Crippen LogP contribution in [0.25, 0.3) is 0 Å². The van der Waals surface area contributed by atoms with E-state index in [0.717, 1.165) is 19.4 Å². The molecule has 0 aromatic carbocycles. The van der Waals surface area contributed by atoms with Crippen LogP contribution in [0.4, 0.5) is 0 Å². The van der Waals surface area contributed by atoms with E-state index in [2.05, 4.69) is 16.0 Å². The van der Waals surface area contributed by atoms with E-state index in [1.807, 2.05) is 0 Å². The lowest BCUT2D eigenvalue weighted by molar-refractivity contribution is -0.130. The molecule has 1 saturated heterocycles. The first kappa shape index (κ1) is 11.9. The van der Waals surface area contributed by atoms with Crippen molar-refractivity contribution in [2.45, 2.75) is 24.9 Å². The Balaban J connectivity index is 2.43. The molecule has 1 aliphatic rings. The van der Waals surface area contributed by atoms with E-state index >= 15 is 0 Å². The van der Waals surface area contributed by atoms with Crippen LogP contribution in [-0.2, 0) is 9.59 Å². The van der Waals surface area contributed by atoms with Gasteiger partial charge in [-0.1, -0.05) is 0 Å². The van der Waals surface area contributed by atoms with Gasteiger partial charge in [-0.2, -0.15) is 0 Å². The number of likely N-dealkylation sites (N-methyl/N-ethyl adjacent to an activating group) is 1. The Labute approximate surface area is 88.4 Å². The molecule has 0 bridgehead atoms. The molecule has 1 heterocycles. The first-order valence-corrected chi connectivity index (χ1v) is 5.05. The number of hydrogen-bond acceptors (Lipinski definition) is 4. The minimum atomic E-state index is -0.857. The molecule has 2 unspecified atom stereocenters. The van der Waals surface area contributed by atoms with E-state index in [4.69, 9.17) is 5.11 Å². The van der Waals surface area contributed by atoms with Crippen LogP contribution in [0.15, 0.2) is 0 Å². The highest BCUT2D eigenvalue weighted by Crippen LogP contribution is 2.04. The summed E-state index contributed by atoms with van der Waals surface area (Å²) in [6.45, 7) is 0.431. The van der Waals surface area contributed by atoms with E-state index in [1.54, 1.807) is 0 Å². The lowest BCUT2D eigenvalue weighted by Gasteiger charge is -2.17. The molecule has 1 rings (SSSR count). The van der Waals surface area contributed by atoms with Gasteiger partial charge >= 0.3 is 0 Å². The molecule has 2 atom stereocenters. The number of amides is 2. The second-order valence-electron chi connectivity index (χ2n) is 3.51. The quantitative estimate of drug-likeness (QED) is 0.435. The average Bonchev–Trinajstić information content (AvgIpc) is 2.77. The van der Waals surface area contributed by atoms with E-state index in [1.165, 1.54) is 7.05 Å². The molecular formula is C9H17N3O3. The lowest BCUT2D eigenvalue weighted by atomic mass is 10.2. The molecule has 0 aliphatic carbocycles. The molecule has 4 N–H and O–H groups in total. The number of aliphatic hydroxyl groups is 1. The fourth-order valence-corrected chi connectivity index (χ4v) is 1.55. The highest BCUT2D eigenvalue weighted by molar-refractivity contribution is 5.89. The number of carbonyl (C=O) groups excluding carboxylic acids is 2. The Kier molecular flexibility index (Phi) is 4.51. The SMILES string of the molecule is CNC(=O)C(CO)NC(=O)C1CCCN1. The smallest absolute Gasteiger partial charge is 0.244 e. The minimum Gasteiger partial charge on any atom is -0.394 e. The van der Waals surface area contributed by atoms with Crippen molar-refractivity contribution in [2.24, 2.45) is 0 Å². The van der Waals surface area contributed by atoms with Gasteiger partial charge in [0.2, 0.25) is 11.8 Å². The normalized spacial score (nSPS) is 22.1. The standard InChI is InChI=1S/C9H17N3O3/c1-10-8(14)7(5-13)12-9(15)6-3-2-4-11-6/h6-7,11,13H,2-5H2,1H3,(H,10,14)(H,12,15). The number of hydrogen-bond donors (Lipinski definition) is 4. The fourth-order valence-electron chi connectivity index (χ4n) is 1.55. The van der Waals surface area contributed by atoms with E-state index in [-0.39, 0.29) is 17.9 Å². The highest BCUT2D eigenvalue weighted by Gasteiger charge is 2.26. The summed E-state index contributed by atoms with van der Waals surface area (Å²) in [6, 6.07) is -1.09. The number of rotatable bonds is 4. The van der Waals surface area contributed by atoms with Crippen LogP contribution < -0.4 is 16.0 Å². The molecule has 1 fully saturated rings. The van der Waals surface area contributed by atoms with Gasteiger partial charge in [0.25, 0.3) is 0 Å². The van der Waals surface area contributed by atoms with Gasteiger partial charge in [0.1, 0.15) is 6.04 Å². The molecular weight excluding hydrogens is 198 g/mol. The predicted octanol–water partition coefficient (Wildman–Crippen LogP) is -2.04. The van der Waals surface area contributed by atoms with Crippen molar-refractivity contribution in [1.29, 1.82) is 0 Å². The third kappa shape index (κ3) is 3.17. The van der Waals surface area contributed by atoms with Gasteiger partial charge in [-0.15, -0.1) is 0 Å². The lowest BCUT2D eigenvalue weighted by Crippen LogP contribution is -2.52. The monoisotopic (exact) mass is 215 g/mol. The van der Waals surface area contributed by atoms with Crippen LogP contribution in [0, 0.1) is 0 Å². The zero-order valence-electron chi connectivity index (χ0n) is 8.75. The Morgan fingerprint density at radius 3 is 2.80 bits per heavy atom. The third-order valence-electron chi connectivity index (χ3n) is 2.44. The number of carbonyl (C=O) groups is 2. The van der Waals surface area contributed by atoms with E-state index < -0.39 is 12.6 Å². The molecule has 0 aromatic rings. The van der Waals surface area contributed by atoms with Gasteiger partial charge in [-0.3, -0.25) is 9.59 Å². The number of aliphatic hydroxyl groups excluding tert-OH is 1. The largest absolute Gasteiger partial charge is 0.394 e. The maximum Gasteiger partial charge on any atom is 0.244 e. The maximum absolute atomic E-state index is 11.6. The van der Waals surface area contributed by atoms with Crippen molar-refractivity contribution in [3.05, 3.63) is 0 Å². The fraction of sp³-hybridized carbons (Fsp3) is 0.778. The van der Waals surface area contributed by atoms with Gasteiger partial charge in [-0.25, -0.2) is 0 Å². The van der Waals surface area contributed by atoms with Crippen molar-refractivity contribution < 1.29 is 14.7 Å². The van der Waals surface area contributed by atoms with E-state index in [9.17, 15) is 9.59 Å². The summed E-state index contributed by atoms with van der Waals surface area (Å²) in [7, 11) is 1.46. The van der Waals surface area contributed by atoms with Gasteiger partial charge < -0.3 is 21.1 Å². The third-order valence-corrected chi connectivity index (χ3v) is 2.44. The van der Waals surface area contributed by atoms with Gasteiger partial charge in [0.05, 0.1) is 12.6 Å². The van der Waals surface area contributed by atoms with Crippen molar-refractivity contribution >= 4 is 11.8 Å². The van der Waals surface area contributed by atoms with Crippen LogP contribution in [-0.4, -0.2) is 49.2 Å². The van der Waals surface area contributed by atoms with Crippen molar-refractivity contribution in [3.8, 4) is 0 Å². The highest BCUT2D eigenvalue weighted by atomic mass is 16.3.